The molecular formula is C31H38N8O2S. The van der Waals surface area contributed by atoms with Crippen molar-refractivity contribution in [3.8, 4) is 17.1 Å². The van der Waals surface area contributed by atoms with Gasteiger partial charge in [0.1, 0.15) is 6.29 Å². The lowest BCUT2D eigenvalue weighted by atomic mass is 9.91. The van der Waals surface area contributed by atoms with Gasteiger partial charge in [-0.15, -0.1) is 10.2 Å². The predicted octanol–water partition coefficient (Wildman–Crippen LogP) is 7.54. The van der Waals surface area contributed by atoms with Crippen molar-refractivity contribution in [1.82, 2.24) is 24.0 Å². The number of carbonyl (C=O) groups excluding carboxylic acids is 2. The molecular weight excluding hydrogens is 548 g/mol. The van der Waals surface area contributed by atoms with Gasteiger partial charge in [0, 0.05) is 46.7 Å². The number of aldehydes is 1. The lowest BCUT2D eigenvalue weighted by Crippen LogP contribution is -2.33. The number of benzene rings is 2. The first-order chi connectivity index (χ1) is 20.2. The minimum atomic E-state index is -0.428. The highest BCUT2D eigenvalue weighted by Gasteiger charge is 2.27. The van der Waals surface area contributed by atoms with Gasteiger partial charge >= 0.3 is 0 Å². The molecule has 0 aliphatic heterocycles. The summed E-state index contributed by atoms with van der Waals surface area (Å²) < 4.78 is 5.92. The van der Waals surface area contributed by atoms with Crippen LogP contribution in [-0.4, -0.2) is 49.3 Å². The van der Waals surface area contributed by atoms with Crippen LogP contribution in [0.25, 0.3) is 17.1 Å². The lowest BCUT2D eigenvalue weighted by molar-refractivity contribution is 0.0751. The van der Waals surface area contributed by atoms with E-state index < -0.39 is 5.41 Å². The Bertz CT molecular complexity index is 1540. The standard InChI is InChI=1S/C31H38N8O2S/c1-6-8-15-38(16-9-7-2)29(41)23-17-21(20-40)18-24(19-23)39-27(32)25(26(36-39)31(3,4)5)34-35-30-33-28(37-42-30)22-13-11-10-12-14-22/h10-14,17-20H,6-9,15-16,32H2,1-5H3. The highest BCUT2D eigenvalue weighted by atomic mass is 32.1. The number of anilines is 1. The molecule has 0 radical (unpaired) electrons. The summed E-state index contributed by atoms with van der Waals surface area (Å²) in [7, 11) is 0. The maximum Gasteiger partial charge on any atom is 0.253 e. The molecule has 0 spiro atoms. The molecule has 42 heavy (non-hydrogen) atoms. The Morgan fingerprint density at radius 3 is 2.36 bits per heavy atom. The smallest absolute Gasteiger partial charge is 0.253 e. The number of azo groups is 1. The maximum absolute atomic E-state index is 13.6. The minimum Gasteiger partial charge on any atom is -0.382 e. The van der Waals surface area contributed by atoms with E-state index in [0.717, 1.165) is 49.1 Å². The van der Waals surface area contributed by atoms with E-state index >= 15 is 0 Å². The number of rotatable bonds is 12. The Hall–Kier alpha value is -4.25. The summed E-state index contributed by atoms with van der Waals surface area (Å²) in [5.74, 6) is 0.699. The SMILES string of the molecule is CCCCN(CCCC)C(=O)c1cc(C=O)cc(-n2nc(C(C)(C)C)c(N=Nc3nc(-c4ccccc4)ns3)c2N)c1. The number of nitrogens with zero attached hydrogens (tertiary/aromatic N) is 7. The van der Waals surface area contributed by atoms with Crippen molar-refractivity contribution < 1.29 is 9.59 Å². The molecule has 11 heteroatoms. The first kappa shape index (κ1) is 30.7. The van der Waals surface area contributed by atoms with E-state index in [2.05, 4.69) is 33.4 Å². The van der Waals surface area contributed by atoms with Crippen molar-refractivity contribution in [2.75, 3.05) is 18.8 Å². The van der Waals surface area contributed by atoms with Crippen molar-refractivity contribution in [3.63, 3.8) is 0 Å². The maximum atomic E-state index is 13.6. The highest BCUT2D eigenvalue weighted by molar-refractivity contribution is 7.09. The van der Waals surface area contributed by atoms with Crippen LogP contribution in [0.2, 0.25) is 0 Å². The Kier molecular flexibility index (Phi) is 9.95. The third-order valence-electron chi connectivity index (χ3n) is 6.71. The summed E-state index contributed by atoms with van der Waals surface area (Å²) in [5.41, 5.74) is 9.39. The second kappa shape index (κ2) is 13.6. The number of unbranched alkanes of at least 4 members (excludes halogenated alkanes) is 2. The van der Waals surface area contributed by atoms with Crippen LogP contribution in [0.15, 0.2) is 58.8 Å². The summed E-state index contributed by atoms with van der Waals surface area (Å²) >= 11 is 1.14. The van der Waals surface area contributed by atoms with Gasteiger partial charge in [-0.3, -0.25) is 9.59 Å². The van der Waals surface area contributed by atoms with Crippen LogP contribution >= 0.6 is 11.5 Å². The Labute approximate surface area is 250 Å². The van der Waals surface area contributed by atoms with Gasteiger partial charge in [0.25, 0.3) is 5.91 Å². The van der Waals surface area contributed by atoms with Gasteiger partial charge in [0.05, 0.1) is 11.4 Å². The Morgan fingerprint density at radius 2 is 1.74 bits per heavy atom. The molecule has 0 aliphatic rings. The quantitative estimate of drug-likeness (QED) is 0.135. The van der Waals surface area contributed by atoms with E-state index in [9.17, 15) is 9.59 Å². The fourth-order valence-corrected chi connectivity index (χ4v) is 4.94. The largest absolute Gasteiger partial charge is 0.382 e. The molecule has 0 fully saturated rings. The van der Waals surface area contributed by atoms with E-state index in [1.807, 2.05) is 56.0 Å². The van der Waals surface area contributed by atoms with Crippen molar-refractivity contribution in [2.45, 2.75) is 65.7 Å². The predicted molar refractivity (Wildman–Crippen MR) is 167 cm³/mol. The zero-order chi connectivity index (χ0) is 30.3. The number of hydrogen-bond donors (Lipinski definition) is 1. The van der Waals surface area contributed by atoms with E-state index in [1.165, 1.54) is 4.68 Å². The number of aromatic nitrogens is 4. The molecule has 4 rings (SSSR count). The molecule has 0 bridgehead atoms. The van der Waals surface area contributed by atoms with Crippen molar-refractivity contribution in [2.24, 2.45) is 10.2 Å². The molecule has 1 amide bonds. The average molecular weight is 587 g/mol. The average Bonchev–Trinajstić information content (AvgIpc) is 3.60. The molecule has 4 aromatic rings. The fraction of sp³-hybridized carbons (Fsp3) is 0.387. The summed E-state index contributed by atoms with van der Waals surface area (Å²) in [6.45, 7) is 11.5. The van der Waals surface area contributed by atoms with Crippen LogP contribution < -0.4 is 5.73 Å². The molecule has 2 aromatic heterocycles. The van der Waals surface area contributed by atoms with Crippen LogP contribution in [0, 0.1) is 0 Å². The molecule has 0 unspecified atom stereocenters. The molecule has 2 heterocycles. The molecule has 0 atom stereocenters. The highest BCUT2D eigenvalue weighted by Crippen LogP contribution is 2.38. The molecule has 0 saturated heterocycles. The first-order valence-corrected chi connectivity index (χ1v) is 15.0. The van der Waals surface area contributed by atoms with Gasteiger partial charge in [0.15, 0.2) is 17.3 Å². The van der Waals surface area contributed by atoms with Gasteiger partial charge in [-0.2, -0.15) is 14.5 Å². The zero-order valence-electron chi connectivity index (χ0n) is 24.9. The van der Waals surface area contributed by atoms with E-state index in [0.29, 0.717) is 52.2 Å². The molecule has 0 aliphatic carbocycles. The van der Waals surface area contributed by atoms with Crippen LogP contribution in [0.1, 0.15) is 86.7 Å². The lowest BCUT2D eigenvalue weighted by Gasteiger charge is -2.23. The van der Waals surface area contributed by atoms with E-state index in [4.69, 9.17) is 10.8 Å². The topological polar surface area (TPSA) is 132 Å². The Balaban J connectivity index is 1.73. The van der Waals surface area contributed by atoms with Gasteiger partial charge in [-0.05, 0) is 31.0 Å². The van der Waals surface area contributed by atoms with Gasteiger partial charge < -0.3 is 10.6 Å². The van der Waals surface area contributed by atoms with Crippen LogP contribution in [0.5, 0.6) is 0 Å². The van der Waals surface area contributed by atoms with Crippen molar-refractivity contribution in [3.05, 3.63) is 65.4 Å². The minimum absolute atomic E-state index is 0.117. The normalized spacial score (nSPS) is 11.7. The fourth-order valence-electron chi connectivity index (χ4n) is 4.42. The molecule has 220 valence electrons. The molecule has 2 aromatic carbocycles. The number of amides is 1. The monoisotopic (exact) mass is 586 g/mol. The van der Waals surface area contributed by atoms with Gasteiger partial charge in [-0.1, -0.05) is 77.8 Å². The van der Waals surface area contributed by atoms with Crippen LogP contribution in [0.3, 0.4) is 0 Å². The Morgan fingerprint density at radius 1 is 1.05 bits per heavy atom. The zero-order valence-corrected chi connectivity index (χ0v) is 25.7. The second-order valence-corrected chi connectivity index (χ2v) is 11.9. The van der Waals surface area contributed by atoms with Gasteiger partial charge in [0.2, 0.25) is 5.13 Å². The number of nitrogen functional groups attached to an aromatic ring is 1. The second-order valence-electron chi connectivity index (χ2n) is 11.1. The number of hydrogen-bond acceptors (Lipinski definition) is 9. The van der Waals surface area contributed by atoms with Crippen molar-refractivity contribution in [1.29, 1.82) is 0 Å². The summed E-state index contributed by atoms with van der Waals surface area (Å²) in [6, 6.07) is 14.7. The summed E-state index contributed by atoms with van der Waals surface area (Å²) in [6.07, 6.45) is 4.51. The van der Waals surface area contributed by atoms with Crippen LogP contribution in [0.4, 0.5) is 16.6 Å². The summed E-state index contributed by atoms with van der Waals surface area (Å²) in [4.78, 5) is 31.9. The molecule has 0 saturated carbocycles. The van der Waals surface area contributed by atoms with Crippen LogP contribution in [-0.2, 0) is 5.41 Å². The van der Waals surface area contributed by atoms with Crippen molar-refractivity contribution >= 4 is 40.4 Å². The molecule has 10 nitrogen and oxygen atoms in total. The summed E-state index contributed by atoms with van der Waals surface area (Å²) in [5, 5.41) is 14.0. The van der Waals surface area contributed by atoms with E-state index in [1.54, 1.807) is 18.2 Å². The third-order valence-corrected chi connectivity index (χ3v) is 7.31. The van der Waals surface area contributed by atoms with Gasteiger partial charge in [-0.25, -0.2) is 4.68 Å². The number of carbonyl (C=O) groups is 2. The third kappa shape index (κ3) is 7.14. The van der Waals surface area contributed by atoms with E-state index in [-0.39, 0.29) is 11.7 Å². The number of nitrogens with two attached hydrogens (primary N) is 1. The first-order valence-electron chi connectivity index (χ1n) is 14.3. The molecule has 2 N–H and O–H groups in total.